The van der Waals surface area contributed by atoms with E-state index >= 15 is 0 Å². The first-order valence-corrected chi connectivity index (χ1v) is 6.42. The number of carbonyl (C=O) groups is 2. The smallest absolute Gasteiger partial charge is 0.245 e. The summed E-state index contributed by atoms with van der Waals surface area (Å²) in [7, 11) is 0. The minimum absolute atomic E-state index is 0.0716. The molecule has 19 heavy (non-hydrogen) atoms. The summed E-state index contributed by atoms with van der Waals surface area (Å²) in [4.78, 5) is 25.4. The fourth-order valence-corrected chi connectivity index (χ4v) is 2.14. The van der Waals surface area contributed by atoms with E-state index in [1.165, 1.54) is 12.1 Å². The molecule has 0 bridgehead atoms. The molecule has 5 heteroatoms. The third-order valence-corrected chi connectivity index (χ3v) is 3.25. The standard InChI is InChI=1S/C14H17FN2O2/c1-2-12-14(19)17(8-7-13(18)16-12)9-10-3-5-11(15)6-4-10/h3-6,12H,2,7-9H2,1H3,(H,16,18). The number of nitrogens with zero attached hydrogens (tertiary/aromatic N) is 1. The zero-order chi connectivity index (χ0) is 13.8. The van der Waals surface area contributed by atoms with Crippen molar-refractivity contribution in [3.8, 4) is 0 Å². The van der Waals surface area contributed by atoms with Crippen molar-refractivity contribution >= 4 is 11.8 Å². The number of rotatable bonds is 3. The van der Waals surface area contributed by atoms with Gasteiger partial charge in [-0.05, 0) is 24.1 Å². The maximum absolute atomic E-state index is 12.8. The highest BCUT2D eigenvalue weighted by Crippen LogP contribution is 2.12. The van der Waals surface area contributed by atoms with Gasteiger partial charge in [-0.3, -0.25) is 9.59 Å². The van der Waals surface area contributed by atoms with Gasteiger partial charge in [0, 0.05) is 19.5 Å². The fraction of sp³-hybridized carbons (Fsp3) is 0.429. The predicted molar refractivity (Wildman–Crippen MR) is 68.7 cm³/mol. The van der Waals surface area contributed by atoms with Crippen LogP contribution in [0.5, 0.6) is 0 Å². The molecule has 1 saturated heterocycles. The van der Waals surface area contributed by atoms with Gasteiger partial charge in [-0.1, -0.05) is 19.1 Å². The third-order valence-electron chi connectivity index (χ3n) is 3.25. The van der Waals surface area contributed by atoms with Crippen LogP contribution >= 0.6 is 0 Å². The fourth-order valence-electron chi connectivity index (χ4n) is 2.14. The molecule has 1 aliphatic heterocycles. The Morgan fingerprint density at radius 1 is 1.32 bits per heavy atom. The topological polar surface area (TPSA) is 49.4 Å². The van der Waals surface area contributed by atoms with Crippen LogP contribution in [0.4, 0.5) is 4.39 Å². The molecule has 0 saturated carbocycles. The van der Waals surface area contributed by atoms with Crippen molar-refractivity contribution in [3.05, 3.63) is 35.6 Å². The largest absolute Gasteiger partial charge is 0.344 e. The Morgan fingerprint density at radius 3 is 2.63 bits per heavy atom. The van der Waals surface area contributed by atoms with Gasteiger partial charge in [-0.25, -0.2) is 4.39 Å². The summed E-state index contributed by atoms with van der Waals surface area (Å²) in [6, 6.07) is 5.61. The molecule has 1 atom stereocenters. The maximum Gasteiger partial charge on any atom is 0.245 e. The average Bonchev–Trinajstić information content (AvgIpc) is 2.54. The lowest BCUT2D eigenvalue weighted by Gasteiger charge is -2.23. The summed E-state index contributed by atoms with van der Waals surface area (Å²) in [5.41, 5.74) is 0.860. The molecule has 102 valence electrons. The van der Waals surface area contributed by atoms with E-state index in [1.807, 2.05) is 6.92 Å². The number of carbonyl (C=O) groups excluding carboxylic acids is 2. The molecule has 1 aliphatic rings. The molecule has 2 amide bonds. The van der Waals surface area contributed by atoms with E-state index in [0.29, 0.717) is 25.9 Å². The average molecular weight is 264 g/mol. The molecule has 0 spiro atoms. The lowest BCUT2D eigenvalue weighted by atomic mass is 10.1. The summed E-state index contributed by atoms with van der Waals surface area (Å²) in [6.45, 7) is 2.67. The summed E-state index contributed by atoms with van der Waals surface area (Å²) >= 11 is 0. The summed E-state index contributed by atoms with van der Waals surface area (Å²) in [6.07, 6.45) is 0.883. The van der Waals surface area contributed by atoms with Crippen LogP contribution in [0.15, 0.2) is 24.3 Å². The molecule has 1 heterocycles. The van der Waals surface area contributed by atoms with E-state index in [-0.39, 0.29) is 17.6 Å². The summed E-state index contributed by atoms with van der Waals surface area (Å²) < 4.78 is 12.8. The first-order valence-electron chi connectivity index (χ1n) is 6.42. The second-order valence-electron chi connectivity index (χ2n) is 4.66. The highest BCUT2D eigenvalue weighted by molar-refractivity contribution is 5.89. The van der Waals surface area contributed by atoms with Crippen molar-refractivity contribution in [3.63, 3.8) is 0 Å². The van der Waals surface area contributed by atoms with Gasteiger partial charge in [0.2, 0.25) is 11.8 Å². The third kappa shape index (κ3) is 3.30. The molecule has 1 aromatic rings. The molecule has 1 aromatic carbocycles. The van der Waals surface area contributed by atoms with Crippen molar-refractivity contribution in [2.75, 3.05) is 6.54 Å². The molecular weight excluding hydrogens is 247 g/mol. The van der Waals surface area contributed by atoms with E-state index in [1.54, 1.807) is 17.0 Å². The van der Waals surface area contributed by atoms with Crippen LogP contribution in [-0.4, -0.2) is 29.3 Å². The quantitative estimate of drug-likeness (QED) is 0.898. The SMILES string of the molecule is CCC1NC(=O)CCN(Cc2ccc(F)cc2)C1=O. The zero-order valence-electron chi connectivity index (χ0n) is 10.9. The van der Waals surface area contributed by atoms with E-state index in [0.717, 1.165) is 5.56 Å². The number of hydrogen-bond acceptors (Lipinski definition) is 2. The Morgan fingerprint density at radius 2 is 2.00 bits per heavy atom. The van der Waals surface area contributed by atoms with Crippen LogP contribution in [0, 0.1) is 5.82 Å². The van der Waals surface area contributed by atoms with Gasteiger partial charge in [0.1, 0.15) is 11.9 Å². The molecule has 0 aliphatic carbocycles. The Kier molecular flexibility index (Phi) is 4.14. The predicted octanol–water partition coefficient (Wildman–Crippen LogP) is 1.45. The minimum atomic E-state index is -0.449. The molecule has 0 aromatic heterocycles. The van der Waals surface area contributed by atoms with Crippen LogP contribution in [0.25, 0.3) is 0 Å². The number of amides is 2. The van der Waals surface area contributed by atoms with Crippen molar-refractivity contribution in [1.82, 2.24) is 10.2 Å². The monoisotopic (exact) mass is 264 g/mol. The molecule has 4 nitrogen and oxygen atoms in total. The van der Waals surface area contributed by atoms with Crippen LogP contribution < -0.4 is 5.32 Å². The Hall–Kier alpha value is -1.91. The Bertz CT molecular complexity index is 473. The molecule has 1 fully saturated rings. The van der Waals surface area contributed by atoms with Crippen LogP contribution in [-0.2, 0) is 16.1 Å². The number of benzene rings is 1. The van der Waals surface area contributed by atoms with Gasteiger partial charge < -0.3 is 10.2 Å². The van der Waals surface area contributed by atoms with E-state index < -0.39 is 6.04 Å². The lowest BCUT2D eigenvalue weighted by Crippen LogP contribution is -2.43. The Labute approximate surface area is 111 Å². The summed E-state index contributed by atoms with van der Waals surface area (Å²) in [5, 5.41) is 2.71. The first-order chi connectivity index (χ1) is 9.10. The van der Waals surface area contributed by atoms with Gasteiger partial charge in [-0.2, -0.15) is 0 Å². The highest BCUT2D eigenvalue weighted by atomic mass is 19.1. The normalized spacial score (nSPS) is 20.1. The van der Waals surface area contributed by atoms with Crippen LogP contribution in [0.2, 0.25) is 0 Å². The second-order valence-corrected chi connectivity index (χ2v) is 4.66. The molecule has 2 rings (SSSR count). The van der Waals surface area contributed by atoms with Crippen molar-refractivity contribution in [1.29, 1.82) is 0 Å². The van der Waals surface area contributed by atoms with Gasteiger partial charge in [0.15, 0.2) is 0 Å². The molecule has 1 unspecified atom stereocenters. The van der Waals surface area contributed by atoms with Crippen molar-refractivity contribution in [2.24, 2.45) is 0 Å². The number of hydrogen-bond donors (Lipinski definition) is 1. The number of nitrogens with one attached hydrogen (secondary N) is 1. The first kappa shape index (κ1) is 13.5. The van der Waals surface area contributed by atoms with Gasteiger partial charge in [-0.15, -0.1) is 0 Å². The Balaban J connectivity index is 2.11. The van der Waals surface area contributed by atoms with Gasteiger partial charge >= 0.3 is 0 Å². The zero-order valence-corrected chi connectivity index (χ0v) is 10.9. The van der Waals surface area contributed by atoms with Crippen molar-refractivity contribution in [2.45, 2.75) is 32.4 Å². The maximum atomic E-state index is 12.8. The molecule has 1 N–H and O–H groups in total. The lowest BCUT2D eigenvalue weighted by molar-refractivity contribution is -0.134. The van der Waals surface area contributed by atoms with E-state index in [2.05, 4.69) is 5.32 Å². The van der Waals surface area contributed by atoms with Crippen molar-refractivity contribution < 1.29 is 14.0 Å². The summed E-state index contributed by atoms with van der Waals surface area (Å²) in [5.74, 6) is -0.464. The van der Waals surface area contributed by atoms with Gasteiger partial charge in [0.05, 0.1) is 0 Å². The number of halogens is 1. The van der Waals surface area contributed by atoms with Crippen LogP contribution in [0.3, 0.4) is 0 Å². The van der Waals surface area contributed by atoms with E-state index in [4.69, 9.17) is 0 Å². The molecular formula is C14H17FN2O2. The minimum Gasteiger partial charge on any atom is -0.344 e. The van der Waals surface area contributed by atoms with Crippen LogP contribution in [0.1, 0.15) is 25.3 Å². The highest BCUT2D eigenvalue weighted by Gasteiger charge is 2.28. The van der Waals surface area contributed by atoms with E-state index in [9.17, 15) is 14.0 Å². The van der Waals surface area contributed by atoms with Gasteiger partial charge in [0.25, 0.3) is 0 Å². The second kappa shape index (κ2) is 5.82. The molecule has 0 radical (unpaired) electrons.